The highest BCUT2D eigenvalue weighted by Crippen LogP contribution is 2.27. The molecule has 2 heterocycles. The fourth-order valence-electron chi connectivity index (χ4n) is 3.69. The number of anilines is 1. The average Bonchev–Trinajstić information content (AvgIpc) is 2.95. The first-order valence-corrected chi connectivity index (χ1v) is 9.39. The second-order valence-corrected chi connectivity index (χ2v) is 7.76. The molecule has 136 valence electrons. The summed E-state index contributed by atoms with van der Waals surface area (Å²) < 4.78 is 0. The number of rotatable bonds is 4. The Balaban J connectivity index is 1.55. The molecule has 1 aromatic carbocycles. The van der Waals surface area contributed by atoms with Crippen molar-refractivity contribution in [2.24, 2.45) is 11.8 Å². The molecule has 0 N–H and O–H groups in total. The van der Waals surface area contributed by atoms with E-state index in [1.807, 2.05) is 34.1 Å². The van der Waals surface area contributed by atoms with Crippen LogP contribution in [0.2, 0.25) is 5.02 Å². The predicted octanol–water partition coefficient (Wildman–Crippen LogP) is 2.49. The van der Waals surface area contributed by atoms with E-state index in [4.69, 9.17) is 11.6 Å². The van der Waals surface area contributed by atoms with Gasteiger partial charge in [-0.15, -0.1) is 0 Å². The van der Waals surface area contributed by atoms with Gasteiger partial charge < -0.3 is 14.7 Å². The summed E-state index contributed by atoms with van der Waals surface area (Å²) in [6, 6.07) is 7.80. The minimum atomic E-state index is -0.182. The van der Waals surface area contributed by atoms with Gasteiger partial charge in [0, 0.05) is 45.7 Å². The summed E-state index contributed by atoms with van der Waals surface area (Å²) in [6.45, 7) is 8.39. The van der Waals surface area contributed by atoms with Crippen molar-refractivity contribution in [1.82, 2.24) is 9.80 Å². The molecule has 0 unspecified atom stereocenters. The number of carbonyl (C=O) groups excluding carboxylic acids is 2. The van der Waals surface area contributed by atoms with E-state index < -0.39 is 0 Å². The minimum absolute atomic E-state index is 0.113. The molecule has 2 saturated heterocycles. The lowest BCUT2D eigenvalue weighted by Crippen LogP contribution is -2.50. The lowest BCUT2D eigenvalue weighted by Gasteiger charge is -2.37. The van der Waals surface area contributed by atoms with Crippen LogP contribution in [0.5, 0.6) is 0 Å². The maximum atomic E-state index is 12.8. The molecule has 2 aliphatic rings. The number of nitrogens with zero attached hydrogens (tertiary/aromatic N) is 3. The molecule has 0 radical (unpaired) electrons. The van der Waals surface area contributed by atoms with Gasteiger partial charge in [-0.2, -0.15) is 0 Å². The fourth-order valence-corrected chi connectivity index (χ4v) is 3.94. The fraction of sp³-hybridized carbons (Fsp3) is 0.579. The highest BCUT2D eigenvalue weighted by Gasteiger charge is 2.37. The normalized spacial score (nSPS) is 21.4. The summed E-state index contributed by atoms with van der Waals surface area (Å²) in [5.74, 6) is 0.482. The molecule has 3 rings (SSSR count). The molecular formula is C19H26ClN3O2. The molecule has 2 aliphatic heterocycles. The summed E-state index contributed by atoms with van der Waals surface area (Å²) in [6.07, 6.45) is 0.357. The van der Waals surface area contributed by atoms with Gasteiger partial charge in [0.15, 0.2) is 0 Å². The number of halogens is 1. The number of likely N-dealkylation sites (tertiary alicyclic amines) is 1. The lowest BCUT2D eigenvalue weighted by atomic mass is 10.1. The SMILES string of the molecule is CC(C)CN1C[C@@H](C(=O)N2CCN(c3ccccc3Cl)CC2)CC1=O. The zero-order chi connectivity index (χ0) is 18.0. The van der Waals surface area contributed by atoms with Crippen LogP contribution in [0.15, 0.2) is 24.3 Å². The van der Waals surface area contributed by atoms with E-state index in [1.165, 1.54) is 0 Å². The lowest BCUT2D eigenvalue weighted by molar-refractivity contribution is -0.136. The molecule has 0 bridgehead atoms. The van der Waals surface area contributed by atoms with Crippen molar-refractivity contribution in [2.45, 2.75) is 20.3 Å². The first-order chi connectivity index (χ1) is 12.0. The summed E-state index contributed by atoms with van der Waals surface area (Å²) in [4.78, 5) is 30.9. The maximum absolute atomic E-state index is 12.8. The number of hydrogen-bond donors (Lipinski definition) is 0. The molecule has 2 fully saturated rings. The first-order valence-electron chi connectivity index (χ1n) is 9.01. The topological polar surface area (TPSA) is 43.9 Å². The third-order valence-corrected chi connectivity index (χ3v) is 5.25. The van der Waals surface area contributed by atoms with Gasteiger partial charge in [-0.3, -0.25) is 9.59 Å². The molecule has 25 heavy (non-hydrogen) atoms. The minimum Gasteiger partial charge on any atom is -0.367 e. The quantitative estimate of drug-likeness (QED) is 0.825. The number of carbonyl (C=O) groups is 2. The van der Waals surface area contributed by atoms with Crippen LogP contribution in [0.1, 0.15) is 20.3 Å². The highest BCUT2D eigenvalue weighted by atomic mass is 35.5. The molecule has 0 saturated carbocycles. The van der Waals surface area contributed by atoms with Crippen molar-refractivity contribution in [3.05, 3.63) is 29.3 Å². The Morgan fingerprint density at radius 2 is 1.88 bits per heavy atom. The van der Waals surface area contributed by atoms with Crippen molar-refractivity contribution in [3.8, 4) is 0 Å². The van der Waals surface area contributed by atoms with Crippen LogP contribution in [0.3, 0.4) is 0 Å². The summed E-state index contributed by atoms with van der Waals surface area (Å²) in [7, 11) is 0. The molecule has 0 spiro atoms. The molecule has 1 atom stereocenters. The van der Waals surface area contributed by atoms with Gasteiger partial charge in [0.25, 0.3) is 0 Å². The second-order valence-electron chi connectivity index (χ2n) is 7.36. The standard InChI is InChI=1S/C19H26ClN3O2/c1-14(2)12-23-13-15(11-18(23)24)19(25)22-9-7-21(8-10-22)17-6-4-3-5-16(17)20/h3-6,14-15H,7-13H2,1-2H3/t15-/m0/s1. The number of amides is 2. The predicted molar refractivity (Wildman–Crippen MR) is 99.8 cm³/mol. The van der Waals surface area contributed by atoms with Gasteiger partial charge >= 0.3 is 0 Å². The van der Waals surface area contributed by atoms with Crippen LogP contribution >= 0.6 is 11.6 Å². The van der Waals surface area contributed by atoms with E-state index in [0.717, 1.165) is 30.3 Å². The summed E-state index contributed by atoms with van der Waals surface area (Å²) in [5.41, 5.74) is 1.02. The Morgan fingerprint density at radius 1 is 1.20 bits per heavy atom. The van der Waals surface area contributed by atoms with Crippen molar-refractivity contribution in [2.75, 3.05) is 44.2 Å². The average molecular weight is 364 g/mol. The number of para-hydroxylation sites is 1. The molecule has 5 nitrogen and oxygen atoms in total. The Hall–Kier alpha value is -1.75. The van der Waals surface area contributed by atoms with Gasteiger partial charge in [0.1, 0.15) is 0 Å². The number of piperazine rings is 1. The zero-order valence-corrected chi connectivity index (χ0v) is 15.7. The van der Waals surface area contributed by atoms with Gasteiger partial charge in [0.2, 0.25) is 11.8 Å². The smallest absolute Gasteiger partial charge is 0.228 e. The number of hydrogen-bond acceptors (Lipinski definition) is 3. The van der Waals surface area contributed by atoms with Crippen molar-refractivity contribution in [1.29, 1.82) is 0 Å². The van der Waals surface area contributed by atoms with Gasteiger partial charge in [0.05, 0.1) is 16.6 Å². The van der Waals surface area contributed by atoms with Crippen LogP contribution in [0, 0.1) is 11.8 Å². The number of benzene rings is 1. The third-order valence-electron chi connectivity index (χ3n) is 4.93. The highest BCUT2D eigenvalue weighted by molar-refractivity contribution is 6.33. The summed E-state index contributed by atoms with van der Waals surface area (Å²) >= 11 is 6.27. The molecule has 0 aromatic heterocycles. The Labute approximate surface area is 154 Å². The van der Waals surface area contributed by atoms with Gasteiger partial charge in [-0.25, -0.2) is 0 Å². The third kappa shape index (κ3) is 4.09. The van der Waals surface area contributed by atoms with Gasteiger partial charge in [-0.05, 0) is 18.1 Å². The zero-order valence-electron chi connectivity index (χ0n) is 14.9. The van der Waals surface area contributed by atoms with E-state index >= 15 is 0 Å². The summed E-state index contributed by atoms with van der Waals surface area (Å²) in [5, 5.41) is 0.744. The first kappa shape index (κ1) is 18.1. The van der Waals surface area contributed by atoms with E-state index in [1.54, 1.807) is 0 Å². The van der Waals surface area contributed by atoms with Crippen LogP contribution in [0.4, 0.5) is 5.69 Å². The largest absolute Gasteiger partial charge is 0.367 e. The Morgan fingerprint density at radius 3 is 2.52 bits per heavy atom. The van der Waals surface area contributed by atoms with E-state index in [2.05, 4.69) is 18.7 Å². The molecule has 2 amide bonds. The van der Waals surface area contributed by atoms with E-state index in [-0.39, 0.29) is 17.7 Å². The Kier molecular flexibility index (Phi) is 5.52. The van der Waals surface area contributed by atoms with Gasteiger partial charge in [-0.1, -0.05) is 37.6 Å². The van der Waals surface area contributed by atoms with E-state index in [9.17, 15) is 9.59 Å². The van der Waals surface area contributed by atoms with Crippen LogP contribution in [0.25, 0.3) is 0 Å². The maximum Gasteiger partial charge on any atom is 0.228 e. The Bertz CT molecular complexity index is 641. The van der Waals surface area contributed by atoms with Crippen molar-refractivity contribution in [3.63, 3.8) is 0 Å². The van der Waals surface area contributed by atoms with Crippen molar-refractivity contribution >= 4 is 29.1 Å². The molecule has 6 heteroatoms. The van der Waals surface area contributed by atoms with E-state index in [0.29, 0.717) is 32.0 Å². The molecule has 1 aromatic rings. The monoisotopic (exact) mass is 363 g/mol. The molecular weight excluding hydrogens is 338 g/mol. The van der Waals surface area contributed by atoms with Crippen molar-refractivity contribution < 1.29 is 9.59 Å². The van der Waals surface area contributed by atoms with Crippen LogP contribution < -0.4 is 4.90 Å². The molecule has 0 aliphatic carbocycles. The second kappa shape index (κ2) is 7.65. The van der Waals surface area contributed by atoms with Crippen LogP contribution in [-0.4, -0.2) is 60.9 Å². The van der Waals surface area contributed by atoms with Crippen LogP contribution in [-0.2, 0) is 9.59 Å².